The summed E-state index contributed by atoms with van der Waals surface area (Å²) in [5, 5.41) is 14.3. The summed E-state index contributed by atoms with van der Waals surface area (Å²) in [4.78, 5) is 9.84. The molecule has 100 valence electrons. The molecule has 19 heavy (non-hydrogen) atoms. The first-order chi connectivity index (χ1) is 8.90. The van der Waals surface area contributed by atoms with E-state index in [4.69, 9.17) is 0 Å². The van der Waals surface area contributed by atoms with Gasteiger partial charge in [-0.25, -0.2) is 8.42 Å². The van der Waals surface area contributed by atoms with E-state index in [1.807, 2.05) is 0 Å². The van der Waals surface area contributed by atoms with E-state index >= 15 is 0 Å². The monoisotopic (exact) mass is 282 g/mol. The van der Waals surface area contributed by atoms with Crippen LogP contribution in [0.15, 0.2) is 41.4 Å². The van der Waals surface area contributed by atoms with Crippen molar-refractivity contribution in [2.75, 3.05) is 4.72 Å². The number of benzene rings is 1. The van der Waals surface area contributed by atoms with Crippen LogP contribution >= 0.6 is 0 Å². The molecule has 2 rings (SSSR count). The van der Waals surface area contributed by atoms with E-state index in [0.717, 1.165) is 12.1 Å². The van der Waals surface area contributed by atoms with Crippen LogP contribution in [-0.2, 0) is 17.1 Å². The first-order valence-electron chi connectivity index (χ1n) is 5.15. The Labute approximate surface area is 108 Å². The molecule has 0 atom stereocenters. The molecule has 0 saturated carbocycles. The zero-order chi connectivity index (χ0) is 14.0. The van der Waals surface area contributed by atoms with Crippen molar-refractivity contribution in [1.82, 2.24) is 9.78 Å². The van der Waals surface area contributed by atoms with Gasteiger partial charge in [-0.1, -0.05) is 0 Å². The Kier molecular flexibility index (Phi) is 3.21. The summed E-state index contributed by atoms with van der Waals surface area (Å²) in [6.07, 6.45) is 1.45. The third kappa shape index (κ3) is 2.71. The summed E-state index contributed by atoms with van der Waals surface area (Å²) in [5.74, 6) is 0.304. The van der Waals surface area contributed by atoms with Crippen molar-refractivity contribution in [2.24, 2.45) is 7.05 Å². The Balaban J connectivity index is 2.29. The average Bonchev–Trinajstić information content (AvgIpc) is 2.74. The fourth-order valence-corrected chi connectivity index (χ4v) is 2.51. The lowest BCUT2D eigenvalue weighted by Gasteiger charge is -2.07. The highest BCUT2D eigenvalue weighted by atomic mass is 32.2. The van der Waals surface area contributed by atoms with Crippen LogP contribution < -0.4 is 4.72 Å². The zero-order valence-electron chi connectivity index (χ0n) is 9.85. The van der Waals surface area contributed by atoms with Gasteiger partial charge in [0.25, 0.3) is 15.7 Å². The van der Waals surface area contributed by atoms with Crippen molar-refractivity contribution in [1.29, 1.82) is 0 Å². The van der Waals surface area contributed by atoms with Crippen LogP contribution in [0, 0.1) is 10.1 Å². The quantitative estimate of drug-likeness (QED) is 0.668. The summed E-state index contributed by atoms with van der Waals surface area (Å²) in [6, 6.07) is 6.13. The van der Waals surface area contributed by atoms with Crippen LogP contribution in [0.1, 0.15) is 0 Å². The van der Waals surface area contributed by atoms with E-state index in [9.17, 15) is 18.5 Å². The normalized spacial score (nSPS) is 11.2. The molecule has 0 aliphatic rings. The van der Waals surface area contributed by atoms with Gasteiger partial charge in [0.15, 0.2) is 0 Å². The lowest BCUT2D eigenvalue weighted by Crippen LogP contribution is -2.15. The summed E-state index contributed by atoms with van der Waals surface area (Å²) in [7, 11) is -2.19. The van der Waals surface area contributed by atoms with Crippen LogP contribution in [0.25, 0.3) is 0 Å². The molecule has 0 unspecified atom stereocenters. The first kappa shape index (κ1) is 13.0. The summed E-state index contributed by atoms with van der Waals surface area (Å²) in [5.41, 5.74) is -0.167. The molecule has 0 aliphatic heterocycles. The fourth-order valence-electron chi connectivity index (χ4n) is 1.42. The lowest BCUT2D eigenvalue weighted by molar-refractivity contribution is -0.384. The molecule has 0 bridgehead atoms. The van der Waals surface area contributed by atoms with E-state index in [1.165, 1.54) is 29.1 Å². The number of aromatic nitrogens is 2. The molecule has 0 spiro atoms. The van der Waals surface area contributed by atoms with E-state index in [2.05, 4.69) is 9.82 Å². The molecular weight excluding hydrogens is 272 g/mol. The molecule has 0 aliphatic carbocycles. The Morgan fingerprint density at radius 2 is 1.89 bits per heavy atom. The molecule has 1 aromatic heterocycles. The lowest BCUT2D eigenvalue weighted by atomic mass is 10.3. The number of nitro benzene ring substituents is 1. The number of rotatable bonds is 4. The van der Waals surface area contributed by atoms with Gasteiger partial charge >= 0.3 is 0 Å². The van der Waals surface area contributed by atoms with E-state index in [0.29, 0.717) is 5.82 Å². The predicted octanol–water partition coefficient (Wildman–Crippen LogP) is 1.13. The maximum Gasteiger partial charge on any atom is 0.269 e. The summed E-state index contributed by atoms with van der Waals surface area (Å²) in [6.45, 7) is 0. The standard InChI is InChI=1S/C10H10N4O4S/c1-13-10(6-7-11-13)12-19(17,18)9-4-2-8(3-5-9)14(15)16/h2-7,12H,1H3. The predicted molar refractivity (Wildman–Crippen MR) is 67.1 cm³/mol. The fraction of sp³-hybridized carbons (Fsp3) is 0.100. The Bertz CT molecular complexity index is 705. The first-order valence-corrected chi connectivity index (χ1v) is 6.64. The second kappa shape index (κ2) is 4.69. The molecule has 2 aromatic rings. The third-order valence-electron chi connectivity index (χ3n) is 2.42. The van der Waals surface area contributed by atoms with Crippen molar-refractivity contribution in [3.63, 3.8) is 0 Å². The number of non-ortho nitro benzene ring substituents is 1. The number of hydrogen-bond donors (Lipinski definition) is 1. The van der Waals surface area contributed by atoms with Crippen molar-refractivity contribution < 1.29 is 13.3 Å². The van der Waals surface area contributed by atoms with Crippen molar-refractivity contribution in [3.8, 4) is 0 Å². The molecular formula is C10H10N4O4S. The van der Waals surface area contributed by atoms with Crippen LogP contribution in [0.4, 0.5) is 11.5 Å². The highest BCUT2D eigenvalue weighted by Crippen LogP contribution is 2.18. The van der Waals surface area contributed by atoms with Gasteiger partial charge in [-0.3, -0.25) is 19.5 Å². The number of nitrogens with one attached hydrogen (secondary N) is 1. The number of anilines is 1. The topological polar surface area (TPSA) is 107 Å². The molecule has 0 amide bonds. The van der Waals surface area contributed by atoms with Crippen molar-refractivity contribution in [2.45, 2.75) is 4.90 Å². The van der Waals surface area contributed by atoms with E-state index in [-0.39, 0.29) is 10.6 Å². The molecule has 0 saturated heterocycles. The maximum absolute atomic E-state index is 12.0. The van der Waals surface area contributed by atoms with Crippen molar-refractivity contribution in [3.05, 3.63) is 46.6 Å². The maximum atomic E-state index is 12.0. The smallest absolute Gasteiger partial charge is 0.264 e. The van der Waals surface area contributed by atoms with Crippen molar-refractivity contribution >= 4 is 21.5 Å². The molecule has 9 heteroatoms. The summed E-state index contributed by atoms with van der Waals surface area (Å²) >= 11 is 0. The Hall–Kier alpha value is -2.42. The van der Waals surface area contributed by atoms with Gasteiger partial charge in [0.1, 0.15) is 5.82 Å². The van der Waals surface area contributed by atoms with Crippen LogP contribution in [0.2, 0.25) is 0 Å². The second-order valence-corrected chi connectivity index (χ2v) is 5.38. The van der Waals surface area contributed by atoms with Crippen LogP contribution in [-0.4, -0.2) is 23.1 Å². The van der Waals surface area contributed by atoms with Gasteiger partial charge in [-0.05, 0) is 12.1 Å². The van der Waals surface area contributed by atoms with Gasteiger partial charge in [0.2, 0.25) is 0 Å². The zero-order valence-corrected chi connectivity index (χ0v) is 10.7. The SMILES string of the molecule is Cn1nccc1NS(=O)(=O)c1ccc([N+](=O)[O-])cc1. The van der Waals surface area contributed by atoms with Gasteiger partial charge < -0.3 is 0 Å². The Morgan fingerprint density at radius 1 is 1.26 bits per heavy atom. The number of sulfonamides is 1. The average molecular weight is 282 g/mol. The number of nitrogens with zero attached hydrogens (tertiary/aromatic N) is 3. The molecule has 0 radical (unpaired) electrons. The molecule has 1 aromatic carbocycles. The minimum atomic E-state index is -3.78. The second-order valence-electron chi connectivity index (χ2n) is 3.70. The number of nitro groups is 1. The van der Waals surface area contributed by atoms with Crippen LogP contribution in [0.5, 0.6) is 0 Å². The number of hydrogen-bond acceptors (Lipinski definition) is 5. The number of aryl methyl sites for hydroxylation is 1. The Morgan fingerprint density at radius 3 is 2.37 bits per heavy atom. The minimum absolute atomic E-state index is 0.0562. The van der Waals surface area contributed by atoms with Gasteiger partial charge in [0, 0.05) is 25.2 Å². The van der Waals surface area contributed by atoms with E-state index < -0.39 is 14.9 Å². The molecule has 0 fully saturated rings. The third-order valence-corrected chi connectivity index (χ3v) is 3.79. The minimum Gasteiger partial charge on any atom is -0.264 e. The highest BCUT2D eigenvalue weighted by molar-refractivity contribution is 7.92. The summed E-state index contributed by atoms with van der Waals surface area (Å²) < 4.78 is 27.7. The van der Waals surface area contributed by atoms with E-state index in [1.54, 1.807) is 7.05 Å². The molecule has 8 nitrogen and oxygen atoms in total. The molecule has 1 N–H and O–H groups in total. The van der Waals surface area contributed by atoms with Gasteiger partial charge in [-0.15, -0.1) is 0 Å². The van der Waals surface area contributed by atoms with Crippen LogP contribution in [0.3, 0.4) is 0 Å². The molecule has 1 heterocycles. The highest BCUT2D eigenvalue weighted by Gasteiger charge is 2.17. The van der Waals surface area contributed by atoms with Gasteiger partial charge in [0.05, 0.1) is 16.0 Å². The van der Waals surface area contributed by atoms with Gasteiger partial charge in [-0.2, -0.15) is 5.10 Å². The largest absolute Gasteiger partial charge is 0.269 e.